The molecule has 0 saturated heterocycles. The summed E-state index contributed by atoms with van der Waals surface area (Å²) < 4.78 is 0. The van der Waals surface area contributed by atoms with Gasteiger partial charge in [0.25, 0.3) is 0 Å². The van der Waals surface area contributed by atoms with Crippen LogP contribution in [0.1, 0.15) is 17.6 Å². The summed E-state index contributed by atoms with van der Waals surface area (Å²) in [5.74, 6) is 0.787. The van der Waals surface area contributed by atoms with Crippen LogP contribution in [0, 0.1) is 0 Å². The number of rotatable bonds is 5. The fourth-order valence-corrected chi connectivity index (χ4v) is 4.10. The molecule has 0 N–H and O–H groups in total. The van der Waals surface area contributed by atoms with Crippen LogP contribution in [-0.2, 0) is 13.0 Å². The van der Waals surface area contributed by atoms with Gasteiger partial charge in [-0.3, -0.25) is 4.90 Å². The number of nitrogens with zero attached hydrogens (tertiary/aromatic N) is 3. The van der Waals surface area contributed by atoms with E-state index >= 15 is 0 Å². The number of hydrogen-bond acceptors (Lipinski definition) is 5. The summed E-state index contributed by atoms with van der Waals surface area (Å²) in [5.41, 5.74) is 0. The normalized spacial score (nSPS) is 13.1. The van der Waals surface area contributed by atoms with Crippen molar-refractivity contribution in [1.82, 2.24) is 14.9 Å². The van der Waals surface area contributed by atoms with Crippen LogP contribution >= 0.6 is 34.3 Å². The Labute approximate surface area is 137 Å². The predicted octanol–water partition coefficient (Wildman–Crippen LogP) is 4.47. The Kier molecular flexibility index (Phi) is 4.54. The maximum atomic E-state index is 6.22. The molecule has 3 aromatic heterocycles. The summed E-state index contributed by atoms with van der Waals surface area (Å²) in [6, 6.07) is 6.68. The van der Waals surface area contributed by atoms with E-state index in [0.29, 0.717) is 17.7 Å². The Balaban J connectivity index is 1.71. The average molecular weight is 338 g/mol. The minimum atomic E-state index is 0.435. The monoisotopic (exact) mass is 337 g/mol. The van der Waals surface area contributed by atoms with Gasteiger partial charge >= 0.3 is 0 Å². The Hall–Kier alpha value is -1.01. The zero-order valence-electron chi connectivity index (χ0n) is 11.9. The highest BCUT2D eigenvalue weighted by atomic mass is 35.5. The number of halogens is 1. The van der Waals surface area contributed by atoms with E-state index in [-0.39, 0.29) is 0 Å². The number of aromatic nitrogens is 2. The smallest absolute Gasteiger partial charge is 0.145 e. The molecule has 0 fully saturated rings. The summed E-state index contributed by atoms with van der Waals surface area (Å²) in [4.78, 5) is 13.6. The van der Waals surface area contributed by atoms with Gasteiger partial charge < -0.3 is 0 Å². The summed E-state index contributed by atoms with van der Waals surface area (Å²) in [5, 5.41) is 5.61. The summed E-state index contributed by atoms with van der Waals surface area (Å²) in [6.07, 6.45) is 1.04. The molecule has 1 atom stereocenters. The third kappa shape index (κ3) is 3.43. The van der Waals surface area contributed by atoms with Gasteiger partial charge in [-0.15, -0.1) is 22.7 Å². The average Bonchev–Trinajstić information content (AvgIpc) is 3.09. The second-order valence-electron chi connectivity index (χ2n) is 5.12. The number of fused-ring (bicyclic) bond motifs is 1. The van der Waals surface area contributed by atoms with Crippen molar-refractivity contribution in [2.24, 2.45) is 0 Å². The van der Waals surface area contributed by atoms with Crippen LogP contribution in [0.25, 0.3) is 10.2 Å². The third-order valence-corrected chi connectivity index (χ3v) is 5.54. The molecule has 6 heteroatoms. The quantitative estimate of drug-likeness (QED) is 0.643. The van der Waals surface area contributed by atoms with Crippen LogP contribution in [0.2, 0.25) is 5.15 Å². The van der Waals surface area contributed by atoms with Gasteiger partial charge in [-0.25, -0.2) is 9.97 Å². The van der Waals surface area contributed by atoms with Gasteiger partial charge in [-0.2, -0.15) is 0 Å². The van der Waals surface area contributed by atoms with Crippen molar-refractivity contribution >= 4 is 44.5 Å². The predicted molar refractivity (Wildman–Crippen MR) is 91.4 cm³/mol. The van der Waals surface area contributed by atoms with Crippen LogP contribution in [-0.4, -0.2) is 28.0 Å². The molecule has 21 heavy (non-hydrogen) atoms. The minimum Gasteiger partial charge on any atom is -0.296 e. The topological polar surface area (TPSA) is 29.0 Å². The number of thiophene rings is 2. The zero-order valence-corrected chi connectivity index (χ0v) is 14.3. The molecule has 0 spiro atoms. The van der Waals surface area contributed by atoms with Gasteiger partial charge in [-0.1, -0.05) is 17.7 Å². The third-order valence-electron chi connectivity index (χ3n) is 3.54. The van der Waals surface area contributed by atoms with E-state index in [1.807, 2.05) is 11.4 Å². The van der Waals surface area contributed by atoms with Crippen molar-refractivity contribution in [3.05, 3.63) is 44.8 Å². The molecule has 0 aliphatic rings. The maximum Gasteiger partial charge on any atom is 0.145 e. The highest BCUT2D eigenvalue weighted by molar-refractivity contribution is 7.16. The first kappa shape index (κ1) is 14.9. The van der Waals surface area contributed by atoms with E-state index in [2.05, 4.69) is 46.4 Å². The van der Waals surface area contributed by atoms with Crippen molar-refractivity contribution in [2.45, 2.75) is 25.9 Å². The number of likely N-dealkylation sites (N-methyl/N-ethyl adjacent to an activating group) is 1. The molecule has 110 valence electrons. The van der Waals surface area contributed by atoms with Crippen LogP contribution in [0.4, 0.5) is 0 Å². The zero-order chi connectivity index (χ0) is 14.8. The van der Waals surface area contributed by atoms with Gasteiger partial charge in [0, 0.05) is 16.3 Å². The van der Waals surface area contributed by atoms with Gasteiger partial charge in [0.05, 0.1) is 6.54 Å². The van der Waals surface area contributed by atoms with Crippen molar-refractivity contribution in [1.29, 1.82) is 0 Å². The van der Waals surface area contributed by atoms with Crippen LogP contribution in [0.15, 0.2) is 29.0 Å². The van der Waals surface area contributed by atoms with E-state index < -0.39 is 0 Å². The maximum absolute atomic E-state index is 6.22. The fourth-order valence-electron chi connectivity index (χ4n) is 2.19. The van der Waals surface area contributed by atoms with Gasteiger partial charge in [-0.05, 0) is 43.3 Å². The second kappa shape index (κ2) is 6.40. The molecule has 3 nitrogen and oxygen atoms in total. The molecule has 0 bridgehead atoms. The molecular weight excluding hydrogens is 322 g/mol. The molecule has 0 amide bonds. The Bertz CT molecular complexity index is 724. The molecular formula is C15H16ClN3S2. The van der Waals surface area contributed by atoms with Crippen molar-refractivity contribution in [3.63, 3.8) is 0 Å². The van der Waals surface area contributed by atoms with Gasteiger partial charge in [0.1, 0.15) is 15.8 Å². The number of hydrogen-bond donors (Lipinski definition) is 0. The molecule has 0 saturated carbocycles. The van der Waals surface area contributed by atoms with Crippen molar-refractivity contribution < 1.29 is 0 Å². The Morgan fingerprint density at radius 1 is 1.24 bits per heavy atom. The van der Waals surface area contributed by atoms with Gasteiger partial charge in [0.2, 0.25) is 0 Å². The van der Waals surface area contributed by atoms with E-state index in [9.17, 15) is 0 Å². The molecule has 3 heterocycles. The molecule has 0 aromatic carbocycles. The first-order chi connectivity index (χ1) is 10.1. The van der Waals surface area contributed by atoms with Crippen molar-refractivity contribution in [3.8, 4) is 0 Å². The van der Waals surface area contributed by atoms with E-state index in [1.165, 1.54) is 4.88 Å². The first-order valence-electron chi connectivity index (χ1n) is 6.75. The van der Waals surface area contributed by atoms with Crippen LogP contribution in [0.5, 0.6) is 0 Å². The lowest BCUT2D eigenvalue weighted by atomic mass is 10.2. The second-order valence-corrected chi connectivity index (χ2v) is 7.40. The van der Waals surface area contributed by atoms with Crippen LogP contribution in [0.3, 0.4) is 0 Å². The lowest BCUT2D eigenvalue weighted by Gasteiger charge is -2.23. The highest BCUT2D eigenvalue weighted by Gasteiger charge is 2.14. The standard InChI is InChI=1S/C15H16ClN3S2/c1-10(8-11-4-3-6-20-11)19(2)9-13-17-14(16)12-5-7-21-15(12)18-13/h3-7,10H,8-9H2,1-2H3. The highest BCUT2D eigenvalue weighted by Crippen LogP contribution is 2.25. The molecule has 3 rings (SSSR count). The van der Waals surface area contributed by atoms with E-state index in [4.69, 9.17) is 11.6 Å². The van der Waals surface area contributed by atoms with Crippen molar-refractivity contribution in [2.75, 3.05) is 7.05 Å². The SMILES string of the molecule is CC(Cc1cccs1)N(C)Cc1nc(Cl)c2ccsc2n1. The molecule has 0 radical (unpaired) electrons. The van der Waals surface area contributed by atoms with E-state index in [1.54, 1.807) is 22.7 Å². The molecule has 3 aromatic rings. The summed E-state index contributed by atoms with van der Waals surface area (Å²) in [6.45, 7) is 2.94. The fraction of sp³-hybridized carbons (Fsp3) is 0.333. The first-order valence-corrected chi connectivity index (χ1v) is 8.89. The summed E-state index contributed by atoms with van der Waals surface area (Å²) in [7, 11) is 2.11. The molecule has 0 aliphatic carbocycles. The van der Waals surface area contributed by atoms with Gasteiger partial charge in [0.15, 0.2) is 0 Å². The minimum absolute atomic E-state index is 0.435. The lowest BCUT2D eigenvalue weighted by molar-refractivity contribution is 0.243. The molecule has 1 unspecified atom stereocenters. The van der Waals surface area contributed by atoms with Crippen LogP contribution < -0.4 is 0 Å². The Morgan fingerprint density at radius 2 is 2.10 bits per heavy atom. The largest absolute Gasteiger partial charge is 0.296 e. The Morgan fingerprint density at radius 3 is 2.86 bits per heavy atom. The van der Waals surface area contributed by atoms with E-state index in [0.717, 1.165) is 22.5 Å². The lowest BCUT2D eigenvalue weighted by Crippen LogP contribution is -2.30. The molecule has 0 aliphatic heterocycles. The summed E-state index contributed by atoms with van der Waals surface area (Å²) >= 11 is 9.63.